The van der Waals surface area contributed by atoms with Gasteiger partial charge in [-0.05, 0) is 26.2 Å². The Kier molecular flexibility index (Phi) is 4.71. The number of likely N-dealkylation sites (tertiary alicyclic amines) is 1. The van der Waals surface area contributed by atoms with Gasteiger partial charge in [0.15, 0.2) is 0 Å². The zero-order valence-corrected chi connectivity index (χ0v) is 15.7. The van der Waals surface area contributed by atoms with Crippen LogP contribution in [-0.2, 0) is 6.54 Å². The molecule has 6 heteroatoms. The van der Waals surface area contributed by atoms with E-state index in [0.717, 1.165) is 48.8 Å². The lowest BCUT2D eigenvalue weighted by Crippen LogP contribution is -2.30. The van der Waals surface area contributed by atoms with Crippen LogP contribution in [0.4, 0.5) is 0 Å². The maximum atomic E-state index is 12.7. The molecule has 1 saturated heterocycles. The second-order valence-corrected chi connectivity index (χ2v) is 7.15. The van der Waals surface area contributed by atoms with Crippen molar-refractivity contribution in [3.63, 3.8) is 0 Å². The fourth-order valence-electron chi connectivity index (χ4n) is 3.60. The number of carbonyl (C=O) groups excluding carboxylic acids is 1. The minimum Gasteiger partial charge on any atom is -0.337 e. The Labute approximate surface area is 158 Å². The molecule has 1 atom stereocenters. The summed E-state index contributed by atoms with van der Waals surface area (Å²) in [5.41, 5.74) is 3.49. The zero-order valence-electron chi connectivity index (χ0n) is 15.7. The van der Waals surface area contributed by atoms with Crippen molar-refractivity contribution in [1.82, 2.24) is 24.4 Å². The summed E-state index contributed by atoms with van der Waals surface area (Å²) in [5, 5.41) is 0. The van der Waals surface area contributed by atoms with Crippen LogP contribution in [0, 0.1) is 19.8 Å². The fourth-order valence-corrected chi connectivity index (χ4v) is 3.60. The van der Waals surface area contributed by atoms with E-state index in [9.17, 15) is 4.79 Å². The summed E-state index contributed by atoms with van der Waals surface area (Å²) in [5.74, 6) is 1.36. The number of rotatable bonds is 4. The van der Waals surface area contributed by atoms with Crippen LogP contribution in [0.15, 0.2) is 48.9 Å². The van der Waals surface area contributed by atoms with Crippen molar-refractivity contribution in [2.24, 2.45) is 5.92 Å². The van der Waals surface area contributed by atoms with Crippen molar-refractivity contribution >= 4 is 5.91 Å². The highest BCUT2D eigenvalue weighted by molar-refractivity contribution is 5.92. The van der Waals surface area contributed by atoms with Gasteiger partial charge in [0.1, 0.15) is 11.5 Å². The molecule has 1 unspecified atom stereocenters. The molecule has 1 aliphatic rings. The number of amides is 1. The standard InChI is InChI=1S/C21H23N5O/c1-15-10-23-19(12-22-15)21(27)25-9-8-17(13-25)14-26-16(2)11-24-20(26)18-6-4-3-5-7-18/h3-7,10-12,17H,8-9,13-14H2,1-2H3. The number of carbonyl (C=O) groups is 1. The van der Waals surface area contributed by atoms with Gasteiger partial charge in [-0.2, -0.15) is 0 Å². The van der Waals surface area contributed by atoms with E-state index in [4.69, 9.17) is 0 Å². The minimum absolute atomic E-state index is 0.0318. The first-order valence-corrected chi connectivity index (χ1v) is 9.27. The molecule has 0 bridgehead atoms. The summed E-state index contributed by atoms with van der Waals surface area (Å²) < 4.78 is 2.26. The van der Waals surface area contributed by atoms with Crippen molar-refractivity contribution in [3.05, 3.63) is 66.0 Å². The van der Waals surface area contributed by atoms with Crippen LogP contribution in [0.1, 0.15) is 28.3 Å². The van der Waals surface area contributed by atoms with Gasteiger partial charge in [0.2, 0.25) is 0 Å². The summed E-state index contributed by atoms with van der Waals surface area (Å²) in [6.45, 7) is 6.30. The largest absolute Gasteiger partial charge is 0.337 e. The summed E-state index contributed by atoms with van der Waals surface area (Å²) in [6, 6.07) is 10.2. The highest BCUT2D eigenvalue weighted by Crippen LogP contribution is 2.25. The van der Waals surface area contributed by atoms with E-state index in [2.05, 4.69) is 38.6 Å². The molecular formula is C21H23N5O. The normalized spacial score (nSPS) is 16.7. The van der Waals surface area contributed by atoms with Crippen LogP contribution in [0.3, 0.4) is 0 Å². The fraction of sp³-hybridized carbons (Fsp3) is 0.333. The van der Waals surface area contributed by atoms with Crippen LogP contribution in [0.5, 0.6) is 0 Å². The lowest BCUT2D eigenvalue weighted by molar-refractivity contribution is 0.0779. The highest BCUT2D eigenvalue weighted by Gasteiger charge is 2.28. The average Bonchev–Trinajstić information content (AvgIpc) is 3.30. The first kappa shape index (κ1) is 17.4. The first-order chi connectivity index (χ1) is 13.1. The number of hydrogen-bond donors (Lipinski definition) is 0. The van der Waals surface area contributed by atoms with E-state index >= 15 is 0 Å². The predicted octanol–water partition coefficient (Wildman–Crippen LogP) is 3.12. The molecule has 1 amide bonds. The molecule has 0 radical (unpaired) electrons. The topological polar surface area (TPSA) is 63.9 Å². The van der Waals surface area contributed by atoms with Gasteiger partial charge in [-0.15, -0.1) is 0 Å². The Morgan fingerprint density at radius 2 is 1.89 bits per heavy atom. The van der Waals surface area contributed by atoms with Gasteiger partial charge in [0, 0.05) is 43.3 Å². The van der Waals surface area contributed by atoms with Crippen LogP contribution in [0.25, 0.3) is 11.4 Å². The first-order valence-electron chi connectivity index (χ1n) is 9.27. The van der Waals surface area contributed by atoms with E-state index in [-0.39, 0.29) is 5.91 Å². The van der Waals surface area contributed by atoms with Gasteiger partial charge in [-0.3, -0.25) is 9.78 Å². The SMILES string of the molecule is Cc1cnc(C(=O)N2CCC(Cn3c(C)cnc3-c3ccccc3)C2)cn1. The van der Waals surface area contributed by atoms with Gasteiger partial charge >= 0.3 is 0 Å². The Balaban J connectivity index is 1.47. The zero-order chi connectivity index (χ0) is 18.8. The second-order valence-electron chi connectivity index (χ2n) is 7.15. The molecule has 6 nitrogen and oxygen atoms in total. The van der Waals surface area contributed by atoms with Crippen LogP contribution in [-0.4, -0.2) is 43.4 Å². The molecule has 0 aliphatic carbocycles. The molecule has 0 saturated carbocycles. The van der Waals surface area contributed by atoms with E-state index < -0.39 is 0 Å². The van der Waals surface area contributed by atoms with Crippen LogP contribution >= 0.6 is 0 Å². The molecular weight excluding hydrogens is 338 g/mol. The van der Waals surface area contributed by atoms with Gasteiger partial charge < -0.3 is 9.47 Å². The number of aromatic nitrogens is 4. The highest BCUT2D eigenvalue weighted by atomic mass is 16.2. The Morgan fingerprint density at radius 1 is 1.07 bits per heavy atom. The summed E-state index contributed by atoms with van der Waals surface area (Å²) in [4.78, 5) is 27.6. The predicted molar refractivity (Wildman–Crippen MR) is 103 cm³/mol. The average molecular weight is 361 g/mol. The van der Waals surface area contributed by atoms with Gasteiger partial charge in [-0.25, -0.2) is 9.97 Å². The lowest BCUT2D eigenvalue weighted by atomic mass is 10.1. The van der Waals surface area contributed by atoms with Crippen molar-refractivity contribution in [3.8, 4) is 11.4 Å². The van der Waals surface area contributed by atoms with Crippen molar-refractivity contribution in [2.75, 3.05) is 13.1 Å². The molecule has 4 rings (SSSR count). The molecule has 138 valence electrons. The van der Waals surface area contributed by atoms with Crippen LogP contribution < -0.4 is 0 Å². The Hall–Kier alpha value is -3.02. The van der Waals surface area contributed by atoms with E-state index in [1.807, 2.05) is 36.2 Å². The number of imidazole rings is 1. The summed E-state index contributed by atoms with van der Waals surface area (Å²) in [6.07, 6.45) is 6.11. The number of benzene rings is 1. The summed E-state index contributed by atoms with van der Waals surface area (Å²) in [7, 11) is 0. The second kappa shape index (κ2) is 7.31. The Morgan fingerprint density at radius 3 is 2.63 bits per heavy atom. The Bertz CT molecular complexity index is 933. The molecule has 1 aliphatic heterocycles. The van der Waals surface area contributed by atoms with E-state index in [0.29, 0.717) is 11.6 Å². The number of hydrogen-bond acceptors (Lipinski definition) is 4. The lowest BCUT2D eigenvalue weighted by Gasteiger charge is -2.18. The van der Waals surface area contributed by atoms with Crippen LogP contribution in [0.2, 0.25) is 0 Å². The molecule has 1 aromatic carbocycles. The molecule has 27 heavy (non-hydrogen) atoms. The quantitative estimate of drug-likeness (QED) is 0.716. The minimum atomic E-state index is -0.0318. The third-order valence-corrected chi connectivity index (χ3v) is 5.10. The van der Waals surface area contributed by atoms with Gasteiger partial charge in [0.05, 0.1) is 11.9 Å². The number of aryl methyl sites for hydroxylation is 2. The van der Waals surface area contributed by atoms with Gasteiger partial charge in [-0.1, -0.05) is 30.3 Å². The van der Waals surface area contributed by atoms with E-state index in [1.54, 1.807) is 12.4 Å². The number of nitrogens with zero attached hydrogens (tertiary/aromatic N) is 5. The third-order valence-electron chi connectivity index (χ3n) is 5.10. The molecule has 0 spiro atoms. The maximum Gasteiger partial charge on any atom is 0.274 e. The smallest absolute Gasteiger partial charge is 0.274 e. The monoisotopic (exact) mass is 361 g/mol. The molecule has 3 aromatic rings. The molecule has 1 fully saturated rings. The third kappa shape index (κ3) is 3.60. The van der Waals surface area contributed by atoms with Gasteiger partial charge in [0.25, 0.3) is 5.91 Å². The molecule has 2 aromatic heterocycles. The maximum absolute atomic E-state index is 12.7. The molecule has 3 heterocycles. The van der Waals surface area contributed by atoms with Crippen molar-refractivity contribution in [2.45, 2.75) is 26.8 Å². The summed E-state index contributed by atoms with van der Waals surface area (Å²) >= 11 is 0. The molecule has 0 N–H and O–H groups in total. The van der Waals surface area contributed by atoms with Crippen molar-refractivity contribution in [1.29, 1.82) is 0 Å². The van der Waals surface area contributed by atoms with Crippen molar-refractivity contribution < 1.29 is 4.79 Å². The van der Waals surface area contributed by atoms with E-state index in [1.165, 1.54) is 0 Å².